The minimum atomic E-state index is 0.0118. The second kappa shape index (κ2) is 6.18. The first-order valence-electron chi connectivity index (χ1n) is 8.18. The lowest BCUT2D eigenvalue weighted by molar-refractivity contribution is -0.142. The number of Topliss-reactive ketones (excluding diaryl/α,β-unsaturated/α-hetero) is 1. The number of carbonyl (C=O) groups excluding carboxylic acids is 1. The van der Waals surface area contributed by atoms with Crippen molar-refractivity contribution in [2.75, 3.05) is 12.3 Å². The number of carbonyl (C=O) groups is 1. The highest BCUT2D eigenvalue weighted by Crippen LogP contribution is 2.41. The van der Waals surface area contributed by atoms with E-state index in [1.165, 1.54) is 19.3 Å². The van der Waals surface area contributed by atoms with Gasteiger partial charge < -0.3 is 10.5 Å². The van der Waals surface area contributed by atoms with Crippen molar-refractivity contribution in [3.63, 3.8) is 0 Å². The van der Waals surface area contributed by atoms with Crippen LogP contribution in [0.2, 0.25) is 0 Å². The molecular formula is C18H25NO2. The molecule has 1 aromatic carbocycles. The quantitative estimate of drug-likeness (QED) is 0.866. The molecule has 1 spiro atoms. The summed E-state index contributed by atoms with van der Waals surface area (Å²) in [6.07, 6.45) is 8.43. The van der Waals surface area contributed by atoms with Crippen molar-refractivity contribution >= 4 is 11.5 Å². The van der Waals surface area contributed by atoms with Gasteiger partial charge in [-0.2, -0.15) is 0 Å². The predicted molar refractivity (Wildman–Crippen MR) is 84.1 cm³/mol. The van der Waals surface area contributed by atoms with E-state index in [0.717, 1.165) is 43.5 Å². The van der Waals surface area contributed by atoms with E-state index >= 15 is 0 Å². The first-order chi connectivity index (χ1) is 10.2. The van der Waals surface area contributed by atoms with Gasteiger partial charge in [0.15, 0.2) is 0 Å². The molecule has 3 rings (SSSR count). The Hall–Kier alpha value is -1.35. The van der Waals surface area contributed by atoms with Crippen LogP contribution in [0.4, 0.5) is 5.69 Å². The van der Waals surface area contributed by atoms with Crippen LogP contribution in [0.1, 0.15) is 50.5 Å². The van der Waals surface area contributed by atoms with Crippen molar-refractivity contribution in [2.45, 2.75) is 57.0 Å². The zero-order valence-electron chi connectivity index (χ0n) is 12.6. The summed E-state index contributed by atoms with van der Waals surface area (Å²) in [6.45, 7) is 0.748. The van der Waals surface area contributed by atoms with E-state index < -0.39 is 0 Å². The third kappa shape index (κ3) is 3.46. The topological polar surface area (TPSA) is 52.3 Å². The Balaban J connectivity index is 1.62. The van der Waals surface area contributed by atoms with E-state index in [1.807, 2.05) is 24.3 Å². The average molecular weight is 287 g/mol. The Labute approximate surface area is 126 Å². The summed E-state index contributed by atoms with van der Waals surface area (Å²) in [5.41, 5.74) is 7.52. The Morgan fingerprint density at radius 2 is 1.90 bits per heavy atom. The first kappa shape index (κ1) is 14.6. The second-order valence-electron chi connectivity index (χ2n) is 6.67. The maximum atomic E-state index is 12.6. The van der Waals surface area contributed by atoms with Gasteiger partial charge in [-0.1, -0.05) is 31.4 Å². The predicted octanol–water partition coefficient (Wildman–Crippen LogP) is 3.51. The van der Waals surface area contributed by atoms with Crippen molar-refractivity contribution in [1.29, 1.82) is 0 Å². The number of hydrogen-bond acceptors (Lipinski definition) is 3. The van der Waals surface area contributed by atoms with Gasteiger partial charge in [0.1, 0.15) is 5.78 Å². The first-order valence-corrected chi connectivity index (χ1v) is 8.18. The van der Waals surface area contributed by atoms with Gasteiger partial charge >= 0.3 is 0 Å². The Kier molecular flexibility index (Phi) is 4.29. The number of ether oxygens (including phenoxy) is 1. The van der Waals surface area contributed by atoms with Crippen LogP contribution in [0.3, 0.4) is 0 Å². The highest BCUT2D eigenvalue weighted by molar-refractivity contribution is 5.83. The van der Waals surface area contributed by atoms with Crippen LogP contribution in [0.15, 0.2) is 24.3 Å². The van der Waals surface area contributed by atoms with Crippen molar-refractivity contribution in [1.82, 2.24) is 0 Å². The fourth-order valence-corrected chi connectivity index (χ4v) is 3.83. The summed E-state index contributed by atoms with van der Waals surface area (Å²) in [4.78, 5) is 12.6. The van der Waals surface area contributed by atoms with E-state index in [2.05, 4.69) is 0 Å². The largest absolute Gasteiger partial charge is 0.399 e. The van der Waals surface area contributed by atoms with Crippen LogP contribution in [0.25, 0.3) is 0 Å². The Bertz CT molecular complexity index is 483. The van der Waals surface area contributed by atoms with Gasteiger partial charge in [-0.3, -0.25) is 4.79 Å². The molecule has 2 aliphatic rings. The van der Waals surface area contributed by atoms with E-state index in [-0.39, 0.29) is 11.5 Å². The summed E-state index contributed by atoms with van der Waals surface area (Å²) >= 11 is 0. The number of nitrogens with two attached hydrogens (primary N) is 1. The molecule has 1 aliphatic heterocycles. The lowest BCUT2D eigenvalue weighted by Crippen LogP contribution is -2.43. The summed E-state index contributed by atoms with van der Waals surface area (Å²) in [5, 5.41) is 0. The third-order valence-electron chi connectivity index (χ3n) is 5.07. The zero-order valence-corrected chi connectivity index (χ0v) is 12.6. The molecule has 3 heteroatoms. The van der Waals surface area contributed by atoms with Gasteiger partial charge in [0, 0.05) is 24.6 Å². The molecule has 1 unspecified atom stereocenters. The normalized spacial score (nSPS) is 24.9. The van der Waals surface area contributed by atoms with Crippen LogP contribution in [-0.2, 0) is 16.0 Å². The molecule has 0 radical (unpaired) electrons. The standard InChI is InChI=1S/C18H25NO2/c19-16-6-4-14(5-7-16)12-17(20)15-8-11-21-18(13-15)9-2-1-3-10-18/h4-7,15H,1-3,8-13,19H2. The van der Waals surface area contributed by atoms with Crippen molar-refractivity contribution in [3.05, 3.63) is 29.8 Å². The van der Waals surface area contributed by atoms with E-state index in [1.54, 1.807) is 0 Å². The molecule has 3 nitrogen and oxygen atoms in total. The van der Waals surface area contributed by atoms with Crippen LogP contribution in [-0.4, -0.2) is 18.0 Å². The number of hydrogen-bond donors (Lipinski definition) is 1. The molecule has 0 amide bonds. The number of ketones is 1. The van der Waals surface area contributed by atoms with Gasteiger partial charge in [-0.15, -0.1) is 0 Å². The number of anilines is 1. The molecule has 114 valence electrons. The average Bonchev–Trinajstić information content (AvgIpc) is 2.50. The number of rotatable bonds is 3. The molecule has 1 aliphatic carbocycles. The molecule has 21 heavy (non-hydrogen) atoms. The van der Waals surface area contributed by atoms with Crippen LogP contribution >= 0.6 is 0 Å². The number of nitrogen functional groups attached to an aromatic ring is 1. The molecule has 1 heterocycles. The summed E-state index contributed by atoms with van der Waals surface area (Å²) in [5.74, 6) is 0.544. The van der Waals surface area contributed by atoms with E-state index in [4.69, 9.17) is 10.5 Å². The molecule has 1 saturated heterocycles. The van der Waals surface area contributed by atoms with Crippen LogP contribution < -0.4 is 5.73 Å². The monoisotopic (exact) mass is 287 g/mol. The Morgan fingerprint density at radius 1 is 1.19 bits per heavy atom. The van der Waals surface area contributed by atoms with E-state index in [9.17, 15) is 4.79 Å². The fourth-order valence-electron chi connectivity index (χ4n) is 3.83. The van der Waals surface area contributed by atoms with Gasteiger partial charge in [-0.05, 0) is 43.4 Å². The Morgan fingerprint density at radius 3 is 2.62 bits per heavy atom. The highest BCUT2D eigenvalue weighted by atomic mass is 16.5. The SMILES string of the molecule is Nc1ccc(CC(=O)C2CCOC3(CCCCC3)C2)cc1. The third-order valence-corrected chi connectivity index (χ3v) is 5.07. The second-order valence-corrected chi connectivity index (χ2v) is 6.67. The molecule has 1 aromatic rings. The number of benzene rings is 1. The van der Waals surface area contributed by atoms with Gasteiger partial charge in [0.05, 0.1) is 5.60 Å². The van der Waals surface area contributed by atoms with E-state index in [0.29, 0.717) is 12.2 Å². The highest BCUT2D eigenvalue weighted by Gasteiger charge is 2.40. The van der Waals surface area contributed by atoms with Crippen molar-refractivity contribution < 1.29 is 9.53 Å². The fraction of sp³-hybridized carbons (Fsp3) is 0.611. The van der Waals surface area contributed by atoms with Crippen molar-refractivity contribution in [3.8, 4) is 0 Å². The summed E-state index contributed by atoms with van der Waals surface area (Å²) in [7, 11) is 0. The summed E-state index contributed by atoms with van der Waals surface area (Å²) in [6, 6.07) is 7.66. The van der Waals surface area contributed by atoms with Crippen LogP contribution in [0.5, 0.6) is 0 Å². The molecule has 1 saturated carbocycles. The van der Waals surface area contributed by atoms with Crippen molar-refractivity contribution in [2.24, 2.45) is 5.92 Å². The van der Waals surface area contributed by atoms with Gasteiger partial charge in [0.2, 0.25) is 0 Å². The minimum Gasteiger partial charge on any atom is -0.399 e. The lowest BCUT2D eigenvalue weighted by Gasteiger charge is -2.43. The molecule has 0 aromatic heterocycles. The molecule has 1 atom stereocenters. The smallest absolute Gasteiger partial charge is 0.140 e. The molecule has 2 fully saturated rings. The maximum Gasteiger partial charge on any atom is 0.140 e. The molecule has 0 bridgehead atoms. The van der Waals surface area contributed by atoms with Gasteiger partial charge in [0.25, 0.3) is 0 Å². The lowest BCUT2D eigenvalue weighted by atomic mass is 9.74. The molecule has 2 N–H and O–H groups in total. The van der Waals surface area contributed by atoms with Gasteiger partial charge in [-0.25, -0.2) is 0 Å². The maximum absolute atomic E-state index is 12.6. The molecular weight excluding hydrogens is 262 g/mol. The van der Waals surface area contributed by atoms with Crippen LogP contribution in [0, 0.1) is 5.92 Å². The zero-order chi connectivity index (χ0) is 14.7. The summed E-state index contributed by atoms with van der Waals surface area (Å²) < 4.78 is 6.08. The minimum absolute atomic E-state index is 0.0118.